The van der Waals surface area contributed by atoms with Crippen LogP contribution in [0.2, 0.25) is 0 Å². The van der Waals surface area contributed by atoms with E-state index in [0.717, 1.165) is 6.92 Å². The van der Waals surface area contributed by atoms with Gasteiger partial charge in [-0.2, -0.15) is 0 Å². The van der Waals surface area contributed by atoms with Gasteiger partial charge >= 0.3 is 5.97 Å². The van der Waals surface area contributed by atoms with E-state index in [9.17, 15) is 58.2 Å². The standard InChI is InChI=1S/C74H93N17O16/c1-4-40(2)64(73(106)88-54(29-42-17-6-5-7-18-42)67(100)84-53(65(77)98)34-63(96)97)90-62(95)38-81-72(105)60-26-16-28-91(60)74(107)58(32-45-37-80-51-24-13-10-21-48(45)51)89-69(102)56(31-44-36-79-50-23-12-9-20-47(44)50)85-66(99)52(25-14-15-27-75)83-68(101)55(30-43-35-78-49-22-11-8-19-46(43)49)86-70(103)57(33-61(76)94)87-71(104)59(39-92)82-41(3)93/h5-13,17-24,35-37,40,52-60,64,78-80,92H,4,14-16,25-34,38-39,75H2,1-3H3,(H2,76,94)(H2,77,98)(H,81,105)(H,82,93)(H,83,101)(H,84,100)(H,85,99)(H,86,103)(H,87,104)(H,88,106)(H,89,102)(H,90,95)(H,96,97)/t40-,52-,53-,54-,55-,56-,57-,58-,59-,60-,64+/m0/s1. The number of aromatic nitrogens is 3. The monoisotopic (exact) mass is 1480 g/mol. The molecule has 0 spiro atoms. The Morgan fingerprint density at radius 1 is 0.523 bits per heavy atom. The van der Waals surface area contributed by atoms with Crippen LogP contribution in [0.25, 0.3) is 32.7 Å². The van der Waals surface area contributed by atoms with Crippen LogP contribution in [0.1, 0.15) is 94.4 Å². The van der Waals surface area contributed by atoms with Crippen LogP contribution in [0.4, 0.5) is 0 Å². The highest BCUT2D eigenvalue weighted by Gasteiger charge is 2.41. The zero-order valence-electron chi connectivity index (χ0n) is 59.5. The van der Waals surface area contributed by atoms with Crippen LogP contribution < -0.4 is 70.4 Å². The average molecular weight is 1480 g/mol. The van der Waals surface area contributed by atoms with Gasteiger partial charge in [0.15, 0.2) is 0 Å². The molecule has 0 bridgehead atoms. The Bertz CT molecular complexity index is 4370. The number of nitrogens with one attached hydrogen (secondary N) is 13. The number of amides is 13. The number of rotatable bonds is 40. The van der Waals surface area contributed by atoms with Crippen molar-refractivity contribution in [3.63, 3.8) is 0 Å². The maximum atomic E-state index is 15.5. The first kappa shape index (κ1) is 80.7. The number of H-pyrrole nitrogens is 3. The largest absolute Gasteiger partial charge is 0.481 e. The summed E-state index contributed by atoms with van der Waals surface area (Å²) in [5.74, 6) is -13.7. The Labute approximate surface area is 614 Å². The Hall–Kier alpha value is -12.0. The fraction of sp³-hybridized carbons (Fsp3) is 0.405. The normalized spacial score (nSPS) is 15.5. The molecule has 1 aliphatic rings. The molecule has 1 fully saturated rings. The van der Waals surface area contributed by atoms with Crippen molar-refractivity contribution in [2.24, 2.45) is 23.1 Å². The lowest BCUT2D eigenvalue weighted by atomic mass is 9.97. The van der Waals surface area contributed by atoms with E-state index in [4.69, 9.17) is 17.2 Å². The second kappa shape index (κ2) is 38.7. The number of benzene rings is 4. The summed E-state index contributed by atoms with van der Waals surface area (Å²) in [7, 11) is 0. The topological polar surface area (TPSA) is 528 Å². The summed E-state index contributed by atoms with van der Waals surface area (Å²) in [5.41, 5.74) is 21.2. The van der Waals surface area contributed by atoms with Crippen molar-refractivity contribution in [1.29, 1.82) is 0 Å². The van der Waals surface area contributed by atoms with Crippen molar-refractivity contribution in [3.8, 4) is 0 Å². The summed E-state index contributed by atoms with van der Waals surface area (Å²) < 4.78 is 0. The first-order valence-electron chi connectivity index (χ1n) is 35.3. The third-order valence-corrected chi connectivity index (χ3v) is 18.7. The molecule has 1 saturated heterocycles. The predicted octanol–water partition coefficient (Wildman–Crippen LogP) is -1.11. The van der Waals surface area contributed by atoms with Gasteiger partial charge in [-0.15, -0.1) is 0 Å². The number of hydrogen-bond acceptors (Lipinski definition) is 16. The van der Waals surface area contributed by atoms with E-state index in [1.54, 1.807) is 111 Å². The van der Waals surface area contributed by atoms with Gasteiger partial charge < -0.3 is 100 Å². The molecule has 21 N–H and O–H groups in total. The van der Waals surface area contributed by atoms with Crippen LogP contribution in [0.15, 0.2) is 122 Å². The maximum Gasteiger partial charge on any atom is 0.305 e. The number of fused-ring (bicyclic) bond motifs is 3. The quantitative estimate of drug-likeness (QED) is 0.0203. The van der Waals surface area contributed by atoms with E-state index in [2.05, 4.69) is 68.1 Å². The van der Waals surface area contributed by atoms with Crippen LogP contribution in [0, 0.1) is 5.92 Å². The molecule has 0 aliphatic carbocycles. The fourth-order valence-electron chi connectivity index (χ4n) is 12.9. The molecule has 8 rings (SSSR count). The summed E-state index contributed by atoms with van der Waals surface area (Å²) in [6.45, 7) is 3.15. The lowest BCUT2D eigenvalue weighted by Crippen LogP contribution is -2.61. The number of aliphatic hydroxyl groups excluding tert-OH is 1. The van der Waals surface area contributed by atoms with Crippen molar-refractivity contribution in [1.82, 2.24) is 73.0 Å². The average Bonchev–Trinajstić information content (AvgIpc) is 1.73. The number of hydrogen-bond donors (Lipinski definition) is 18. The number of para-hydroxylation sites is 3. The van der Waals surface area contributed by atoms with Crippen molar-refractivity contribution in [2.45, 2.75) is 158 Å². The third kappa shape index (κ3) is 22.5. The lowest BCUT2D eigenvalue weighted by molar-refractivity contribution is -0.142. The second-order valence-corrected chi connectivity index (χ2v) is 26.5. The number of likely N-dealkylation sites (tertiary alicyclic amines) is 1. The predicted molar refractivity (Wildman–Crippen MR) is 392 cm³/mol. The summed E-state index contributed by atoms with van der Waals surface area (Å²) in [6.07, 6.45) is 3.96. The molecule has 0 unspecified atom stereocenters. The molecular formula is C74H93N17O16. The van der Waals surface area contributed by atoms with Gasteiger partial charge in [-0.25, -0.2) is 0 Å². The van der Waals surface area contributed by atoms with Crippen molar-refractivity contribution in [2.75, 3.05) is 26.2 Å². The van der Waals surface area contributed by atoms with E-state index in [0.29, 0.717) is 74.2 Å². The van der Waals surface area contributed by atoms with Gasteiger partial charge in [0.25, 0.3) is 0 Å². The van der Waals surface area contributed by atoms with E-state index in [1.807, 2.05) is 24.3 Å². The molecule has 0 radical (unpaired) electrons. The zero-order valence-corrected chi connectivity index (χ0v) is 59.5. The SMILES string of the molecule is CC[C@H](C)[C@@H](NC(=O)CNC(=O)[C@@H]1CCCN1C(=O)[C@H](Cc1c[nH]c2ccccc12)NC(=O)[C@H](Cc1c[nH]c2ccccc12)NC(=O)[C@H](CCCCN)NC(=O)[C@H](Cc1c[nH]c2ccccc12)NC(=O)[C@H](CC(N)=O)NC(=O)[C@H](CO)NC(C)=O)C(=O)N[C@@H](Cc1ccccc1)C(=O)N[C@@H](CC(=O)O)C(N)=O. The number of carbonyl (C=O) groups is 14. The third-order valence-electron chi connectivity index (χ3n) is 18.7. The number of nitrogens with two attached hydrogens (primary N) is 3. The van der Waals surface area contributed by atoms with Gasteiger partial charge in [0.2, 0.25) is 76.8 Å². The van der Waals surface area contributed by atoms with Gasteiger partial charge in [-0.05, 0) is 85.0 Å². The molecule has 0 saturated carbocycles. The summed E-state index contributed by atoms with van der Waals surface area (Å²) >= 11 is 0. The molecule has 1 aliphatic heterocycles. The molecule has 7 aromatic rings. The number of nitrogens with zero attached hydrogens (tertiary/aromatic N) is 1. The van der Waals surface area contributed by atoms with E-state index < -0.39 is 175 Å². The Morgan fingerprint density at radius 2 is 0.972 bits per heavy atom. The number of aliphatic carboxylic acids is 1. The molecule has 33 heteroatoms. The van der Waals surface area contributed by atoms with Gasteiger partial charge in [0.05, 0.1) is 26.0 Å². The number of carbonyl (C=O) groups excluding carboxylic acids is 13. The molecule has 11 atom stereocenters. The van der Waals surface area contributed by atoms with Crippen LogP contribution in [0.5, 0.6) is 0 Å². The van der Waals surface area contributed by atoms with Crippen LogP contribution in [-0.4, -0.2) is 199 Å². The number of aromatic amines is 3. The van der Waals surface area contributed by atoms with Gasteiger partial charge in [-0.1, -0.05) is 105 Å². The first-order chi connectivity index (χ1) is 51.2. The van der Waals surface area contributed by atoms with Crippen LogP contribution >= 0.6 is 0 Å². The molecule has 33 nitrogen and oxygen atoms in total. The van der Waals surface area contributed by atoms with Crippen LogP contribution in [-0.2, 0) is 92.8 Å². The molecule has 4 heterocycles. The highest BCUT2D eigenvalue weighted by molar-refractivity contribution is 6.01. The molecule has 4 aromatic carbocycles. The summed E-state index contributed by atoms with van der Waals surface area (Å²) in [4.78, 5) is 204. The number of primary amides is 2. The highest BCUT2D eigenvalue weighted by atomic mass is 16.4. The second-order valence-electron chi connectivity index (χ2n) is 26.5. The first-order valence-corrected chi connectivity index (χ1v) is 35.3. The summed E-state index contributed by atoms with van der Waals surface area (Å²) in [6, 6.07) is 15.2. The number of unbranched alkanes of at least 4 members (excludes halogenated alkanes) is 1. The molecular weight excluding hydrogens is 1380 g/mol. The van der Waals surface area contributed by atoms with E-state index >= 15 is 19.2 Å². The smallest absolute Gasteiger partial charge is 0.305 e. The van der Waals surface area contributed by atoms with Gasteiger partial charge in [0.1, 0.15) is 60.4 Å². The van der Waals surface area contributed by atoms with Crippen molar-refractivity contribution >= 4 is 115 Å². The Kier molecular flexibility index (Phi) is 29.2. The van der Waals surface area contributed by atoms with Gasteiger partial charge in [0, 0.05) is 90.5 Å². The minimum Gasteiger partial charge on any atom is -0.481 e. The molecule has 107 heavy (non-hydrogen) atoms. The van der Waals surface area contributed by atoms with Crippen LogP contribution in [0.3, 0.4) is 0 Å². The van der Waals surface area contributed by atoms with Crippen molar-refractivity contribution in [3.05, 3.63) is 144 Å². The fourth-order valence-corrected chi connectivity index (χ4v) is 12.9. The van der Waals surface area contributed by atoms with E-state index in [1.165, 1.54) is 4.90 Å². The zero-order chi connectivity index (χ0) is 77.4. The minimum atomic E-state index is -1.75. The number of carboxylic acid groups (broad SMARTS) is 1. The van der Waals surface area contributed by atoms with Crippen molar-refractivity contribution < 1.29 is 77.3 Å². The number of aliphatic hydroxyl groups is 1. The molecule has 13 amide bonds. The Balaban J connectivity index is 1.04. The molecule has 3 aromatic heterocycles. The lowest BCUT2D eigenvalue weighted by Gasteiger charge is -2.30. The number of carboxylic acids is 1. The summed E-state index contributed by atoms with van der Waals surface area (Å²) in [5, 5.41) is 47.3. The Morgan fingerprint density at radius 3 is 1.47 bits per heavy atom. The maximum absolute atomic E-state index is 15.5. The minimum absolute atomic E-state index is 0.0263. The highest BCUT2D eigenvalue weighted by Crippen LogP contribution is 2.26. The van der Waals surface area contributed by atoms with E-state index in [-0.39, 0.29) is 58.0 Å². The molecule has 570 valence electrons. The van der Waals surface area contributed by atoms with Gasteiger partial charge in [-0.3, -0.25) is 67.1 Å².